The molecule has 2 amide bonds. The quantitative estimate of drug-likeness (QED) is 0.536. The number of nitrogens with zero attached hydrogens (tertiary/aromatic N) is 1. The molecule has 0 aliphatic heterocycles. The molecule has 0 aromatic heterocycles. The van der Waals surface area contributed by atoms with Crippen molar-refractivity contribution < 1.29 is 14.3 Å². The molecule has 3 rings (SSSR count). The number of nitrogens with one attached hydrogen (secondary N) is 2. The Hall–Kier alpha value is -3.74. The van der Waals surface area contributed by atoms with E-state index in [1.807, 2.05) is 36.4 Å². The van der Waals surface area contributed by atoms with Gasteiger partial charge in [0.2, 0.25) is 0 Å². The van der Waals surface area contributed by atoms with Crippen molar-refractivity contribution in [2.75, 3.05) is 6.61 Å². The molecule has 27 heavy (non-hydrogen) atoms. The molecule has 0 unspecified atom stereocenters. The summed E-state index contributed by atoms with van der Waals surface area (Å²) in [6.07, 6.45) is 0. The summed E-state index contributed by atoms with van der Waals surface area (Å²) < 4.78 is 5.45. The first-order chi connectivity index (χ1) is 13.0. The molecular formula is C20H17N3O4. The summed E-state index contributed by atoms with van der Waals surface area (Å²) in [5.74, 6) is -0.517. The Kier molecular flexibility index (Phi) is 5.41. The standard InChI is InChI=1S/C20H17N3O4/c1-13-8-16(10-17(9-13)23-26)20(25)22-21-19(24)12-27-18-7-6-14-4-2-3-5-15(14)11-18/h2-11H,12H2,1H3,(H,21,24)(H,22,25). The van der Waals surface area contributed by atoms with Gasteiger partial charge in [-0.25, -0.2) is 0 Å². The topological polar surface area (TPSA) is 96.9 Å². The Morgan fingerprint density at radius 3 is 2.52 bits per heavy atom. The number of benzene rings is 3. The largest absolute Gasteiger partial charge is 0.484 e. The first kappa shape index (κ1) is 18.1. The molecule has 0 saturated heterocycles. The van der Waals surface area contributed by atoms with Gasteiger partial charge in [0.1, 0.15) is 11.4 Å². The van der Waals surface area contributed by atoms with Crippen molar-refractivity contribution in [1.29, 1.82) is 0 Å². The van der Waals surface area contributed by atoms with Crippen LogP contribution in [-0.2, 0) is 4.79 Å². The average molecular weight is 363 g/mol. The van der Waals surface area contributed by atoms with Gasteiger partial charge in [-0.05, 0) is 58.8 Å². The third-order valence-corrected chi connectivity index (χ3v) is 3.84. The first-order valence-corrected chi connectivity index (χ1v) is 8.21. The molecular weight excluding hydrogens is 346 g/mol. The monoisotopic (exact) mass is 363 g/mol. The van der Waals surface area contributed by atoms with Crippen molar-refractivity contribution in [3.63, 3.8) is 0 Å². The van der Waals surface area contributed by atoms with E-state index < -0.39 is 11.8 Å². The van der Waals surface area contributed by atoms with E-state index in [1.165, 1.54) is 6.07 Å². The predicted molar refractivity (Wildman–Crippen MR) is 102 cm³/mol. The van der Waals surface area contributed by atoms with Crippen molar-refractivity contribution in [2.24, 2.45) is 5.18 Å². The summed E-state index contributed by atoms with van der Waals surface area (Å²) in [6, 6.07) is 17.8. The van der Waals surface area contributed by atoms with Gasteiger partial charge >= 0.3 is 0 Å². The van der Waals surface area contributed by atoms with Crippen LogP contribution in [0.15, 0.2) is 65.8 Å². The maximum absolute atomic E-state index is 12.1. The van der Waals surface area contributed by atoms with Crippen LogP contribution in [0.3, 0.4) is 0 Å². The Balaban J connectivity index is 1.53. The number of hydrogen-bond donors (Lipinski definition) is 2. The Bertz CT molecular complexity index is 1020. The van der Waals surface area contributed by atoms with Gasteiger partial charge in [0.05, 0.1) is 0 Å². The maximum Gasteiger partial charge on any atom is 0.276 e. The molecule has 7 nitrogen and oxygen atoms in total. The molecule has 3 aromatic carbocycles. The van der Waals surface area contributed by atoms with E-state index in [0.29, 0.717) is 11.3 Å². The van der Waals surface area contributed by atoms with Gasteiger partial charge in [0.15, 0.2) is 6.61 Å². The third kappa shape index (κ3) is 4.66. The van der Waals surface area contributed by atoms with E-state index >= 15 is 0 Å². The van der Waals surface area contributed by atoms with Crippen LogP contribution in [-0.4, -0.2) is 18.4 Å². The lowest BCUT2D eigenvalue weighted by atomic mass is 10.1. The fourth-order valence-corrected chi connectivity index (χ4v) is 2.59. The lowest BCUT2D eigenvalue weighted by molar-refractivity contribution is -0.123. The van der Waals surface area contributed by atoms with Gasteiger partial charge in [-0.3, -0.25) is 20.4 Å². The van der Waals surface area contributed by atoms with Gasteiger partial charge in [-0.15, -0.1) is 4.91 Å². The molecule has 136 valence electrons. The number of rotatable bonds is 5. The minimum Gasteiger partial charge on any atom is -0.484 e. The molecule has 0 radical (unpaired) electrons. The van der Waals surface area contributed by atoms with E-state index in [9.17, 15) is 14.5 Å². The maximum atomic E-state index is 12.1. The highest BCUT2D eigenvalue weighted by molar-refractivity contribution is 5.96. The van der Waals surface area contributed by atoms with E-state index in [4.69, 9.17) is 4.74 Å². The number of fused-ring (bicyclic) bond motifs is 1. The predicted octanol–water partition coefficient (Wildman–Crippen LogP) is 3.39. The van der Waals surface area contributed by atoms with Gasteiger partial charge < -0.3 is 4.74 Å². The summed E-state index contributed by atoms with van der Waals surface area (Å²) >= 11 is 0. The number of ether oxygens (including phenoxy) is 1. The zero-order valence-electron chi connectivity index (χ0n) is 14.6. The lowest BCUT2D eigenvalue weighted by Crippen LogP contribution is -2.43. The van der Waals surface area contributed by atoms with E-state index in [2.05, 4.69) is 16.0 Å². The third-order valence-electron chi connectivity index (χ3n) is 3.84. The van der Waals surface area contributed by atoms with E-state index in [0.717, 1.165) is 10.8 Å². The number of carbonyl (C=O) groups is 2. The Morgan fingerprint density at radius 2 is 1.74 bits per heavy atom. The van der Waals surface area contributed by atoms with Crippen LogP contribution in [0.25, 0.3) is 10.8 Å². The molecule has 0 bridgehead atoms. The van der Waals surface area contributed by atoms with Crippen LogP contribution in [0.1, 0.15) is 15.9 Å². The van der Waals surface area contributed by atoms with Crippen LogP contribution in [0.2, 0.25) is 0 Å². The molecule has 7 heteroatoms. The number of aryl methyl sites for hydroxylation is 1. The fourth-order valence-electron chi connectivity index (χ4n) is 2.59. The number of amides is 2. The molecule has 0 fully saturated rings. The van der Waals surface area contributed by atoms with Crippen molar-refractivity contribution in [3.05, 3.63) is 76.7 Å². The number of hydrazine groups is 1. The SMILES string of the molecule is Cc1cc(N=O)cc(C(=O)NNC(=O)COc2ccc3ccccc3c2)c1. The van der Waals surface area contributed by atoms with Crippen molar-refractivity contribution in [1.82, 2.24) is 10.9 Å². The molecule has 0 aliphatic carbocycles. The number of carbonyl (C=O) groups excluding carboxylic acids is 2. The first-order valence-electron chi connectivity index (χ1n) is 8.21. The zero-order chi connectivity index (χ0) is 19.2. The Labute approximate surface area is 155 Å². The Morgan fingerprint density at radius 1 is 0.963 bits per heavy atom. The van der Waals surface area contributed by atoms with E-state index in [1.54, 1.807) is 25.1 Å². The molecule has 0 spiro atoms. The molecule has 3 aromatic rings. The summed E-state index contributed by atoms with van der Waals surface area (Å²) in [5, 5.41) is 4.89. The summed E-state index contributed by atoms with van der Waals surface area (Å²) in [6.45, 7) is 1.48. The molecule has 0 atom stereocenters. The minimum atomic E-state index is -0.553. The highest BCUT2D eigenvalue weighted by Crippen LogP contribution is 2.20. The lowest BCUT2D eigenvalue weighted by Gasteiger charge is -2.10. The van der Waals surface area contributed by atoms with Crippen molar-refractivity contribution in [2.45, 2.75) is 6.92 Å². The second-order valence-electron chi connectivity index (χ2n) is 5.95. The van der Waals surface area contributed by atoms with Crippen LogP contribution in [0.4, 0.5) is 5.69 Å². The number of nitroso groups, excluding NO2 is 1. The highest BCUT2D eigenvalue weighted by atomic mass is 16.5. The highest BCUT2D eigenvalue weighted by Gasteiger charge is 2.10. The van der Waals surface area contributed by atoms with E-state index in [-0.39, 0.29) is 17.9 Å². The van der Waals surface area contributed by atoms with Gasteiger partial charge in [0, 0.05) is 5.56 Å². The van der Waals surface area contributed by atoms with Gasteiger partial charge in [-0.2, -0.15) is 0 Å². The van der Waals surface area contributed by atoms with Gasteiger partial charge in [0.25, 0.3) is 11.8 Å². The van der Waals surface area contributed by atoms with Crippen molar-refractivity contribution >= 4 is 28.3 Å². The number of hydrogen-bond acceptors (Lipinski definition) is 5. The molecule has 0 heterocycles. The van der Waals surface area contributed by atoms with Crippen LogP contribution in [0.5, 0.6) is 5.75 Å². The molecule has 0 aliphatic rings. The van der Waals surface area contributed by atoms with Crippen LogP contribution in [0, 0.1) is 11.8 Å². The fraction of sp³-hybridized carbons (Fsp3) is 0.100. The van der Waals surface area contributed by atoms with Crippen LogP contribution < -0.4 is 15.6 Å². The summed E-state index contributed by atoms with van der Waals surface area (Å²) in [5.41, 5.74) is 5.63. The normalized spacial score (nSPS) is 10.3. The minimum absolute atomic E-state index is 0.145. The second kappa shape index (κ2) is 8.09. The van der Waals surface area contributed by atoms with Crippen LogP contribution >= 0.6 is 0 Å². The van der Waals surface area contributed by atoms with Gasteiger partial charge in [-0.1, -0.05) is 30.3 Å². The zero-order valence-corrected chi connectivity index (χ0v) is 14.6. The molecule has 2 N–H and O–H groups in total. The smallest absolute Gasteiger partial charge is 0.276 e. The second-order valence-corrected chi connectivity index (χ2v) is 5.95. The molecule has 0 saturated carbocycles. The van der Waals surface area contributed by atoms with Crippen molar-refractivity contribution in [3.8, 4) is 5.75 Å². The summed E-state index contributed by atoms with van der Waals surface area (Å²) in [7, 11) is 0. The summed E-state index contributed by atoms with van der Waals surface area (Å²) in [4.78, 5) is 34.6. The average Bonchev–Trinajstić information content (AvgIpc) is 2.69.